The van der Waals surface area contributed by atoms with E-state index in [1.54, 1.807) is 4.88 Å². The van der Waals surface area contributed by atoms with Crippen molar-refractivity contribution in [3.8, 4) is 0 Å². The number of likely N-dealkylation sites (N-methyl/N-ethyl adjacent to an activating group) is 1. The van der Waals surface area contributed by atoms with E-state index >= 15 is 0 Å². The van der Waals surface area contributed by atoms with E-state index in [1.165, 1.54) is 49.4 Å². The van der Waals surface area contributed by atoms with Crippen LogP contribution in [0.4, 0.5) is 0 Å². The highest BCUT2D eigenvalue weighted by atomic mass is 32.1. The fourth-order valence-corrected chi connectivity index (χ4v) is 4.69. The van der Waals surface area contributed by atoms with Crippen LogP contribution in [0.2, 0.25) is 0 Å². The molecule has 2 heterocycles. The van der Waals surface area contributed by atoms with Gasteiger partial charge in [0.05, 0.1) is 11.2 Å². The van der Waals surface area contributed by atoms with E-state index in [9.17, 15) is 0 Å². The minimum Gasteiger partial charge on any atom is -0.307 e. The van der Waals surface area contributed by atoms with Gasteiger partial charge in [0, 0.05) is 24.0 Å². The highest BCUT2D eigenvalue weighted by Gasteiger charge is 2.42. The van der Waals surface area contributed by atoms with Crippen LogP contribution < -0.4 is 5.32 Å². The lowest BCUT2D eigenvalue weighted by molar-refractivity contribution is 0.245. The first-order valence-corrected chi connectivity index (χ1v) is 8.38. The second-order valence-corrected chi connectivity index (χ2v) is 7.33. The summed E-state index contributed by atoms with van der Waals surface area (Å²) >= 11 is 1.97. The molecule has 2 aliphatic rings. The van der Waals surface area contributed by atoms with Gasteiger partial charge >= 0.3 is 0 Å². The lowest BCUT2D eigenvalue weighted by Gasteiger charge is -2.28. The van der Waals surface area contributed by atoms with E-state index < -0.39 is 0 Å². The lowest BCUT2D eigenvalue weighted by Crippen LogP contribution is -2.43. The molecule has 106 valence electrons. The molecule has 0 spiro atoms. The Hall–Kier alpha value is -0.450. The Morgan fingerprint density at radius 2 is 2.11 bits per heavy atom. The van der Waals surface area contributed by atoms with Crippen molar-refractivity contribution in [1.29, 1.82) is 0 Å². The lowest BCUT2D eigenvalue weighted by atomic mass is 9.99. The molecule has 3 nitrogen and oxygen atoms in total. The minimum atomic E-state index is 0.103. The van der Waals surface area contributed by atoms with E-state index in [4.69, 9.17) is 4.98 Å². The van der Waals surface area contributed by atoms with Gasteiger partial charge in [-0.25, -0.2) is 4.98 Å². The standard InChI is InChI=1S/C15H25N3S/c1-11(2)18-9-8-15(10-18,16-3)14-17-12-6-4-5-7-13(12)19-14/h11,16H,4-10H2,1-3H3. The van der Waals surface area contributed by atoms with E-state index in [-0.39, 0.29) is 5.54 Å². The fraction of sp³-hybridized carbons (Fsp3) is 0.800. The summed E-state index contributed by atoms with van der Waals surface area (Å²) in [5, 5.41) is 4.93. The summed E-state index contributed by atoms with van der Waals surface area (Å²) in [6, 6.07) is 0.629. The molecule has 1 unspecified atom stereocenters. The molecule has 1 saturated heterocycles. The summed E-state index contributed by atoms with van der Waals surface area (Å²) < 4.78 is 0. The Balaban J connectivity index is 1.88. The van der Waals surface area contributed by atoms with Gasteiger partial charge in [-0.2, -0.15) is 0 Å². The summed E-state index contributed by atoms with van der Waals surface area (Å²) in [5.41, 5.74) is 1.50. The molecule has 0 saturated carbocycles. The Labute approximate surface area is 120 Å². The molecule has 19 heavy (non-hydrogen) atoms. The van der Waals surface area contributed by atoms with Crippen LogP contribution in [0.1, 0.15) is 48.7 Å². The molecular weight excluding hydrogens is 254 g/mol. The molecule has 0 bridgehead atoms. The number of hydrogen-bond acceptors (Lipinski definition) is 4. The number of aryl methyl sites for hydroxylation is 2. The summed E-state index contributed by atoms with van der Waals surface area (Å²) in [6.45, 7) is 6.87. The second-order valence-electron chi connectivity index (χ2n) is 6.24. The molecule has 0 amide bonds. The van der Waals surface area contributed by atoms with Gasteiger partial charge in [0.15, 0.2) is 0 Å². The normalized spacial score (nSPS) is 28.0. The smallest absolute Gasteiger partial charge is 0.115 e. The van der Waals surface area contributed by atoms with Crippen molar-refractivity contribution in [3.05, 3.63) is 15.6 Å². The molecule has 0 radical (unpaired) electrons. The molecule has 1 N–H and O–H groups in total. The van der Waals surface area contributed by atoms with Crippen molar-refractivity contribution in [2.45, 2.75) is 57.5 Å². The van der Waals surface area contributed by atoms with Gasteiger partial charge in [-0.3, -0.25) is 4.90 Å². The van der Waals surface area contributed by atoms with E-state index in [1.807, 2.05) is 11.3 Å². The highest BCUT2D eigenvalue weighted by Crippen LogP contribution is 2.38. The van der Waals surface area contributed by atoms with Crippen molar-refractivity contribution in [3.63, 3.8) is 0 Å². The first kappa shape index (κ1) is 13.5. The topological polar surface area (TPSA) is 28.2 Å². The number of rotatable bonds is 3. The predicted molar refractivity (Wildman–Crippen MR) is 80.8 cm³/mol. The Bertz CT molecular complexity index is 431. The van der Waals surface area contributed by atoms with Gasteiger partial charge in [0.2, 0.25) is 0 Å². The van der Waals surface area contributed by atoms with Crippen LogP contribution in [-0.2, 0) is 18.4 Å². The third-order valence-corrected chi connectivity index (χ3v) is 6.12. The predicted octanol–water partition coefficient (Wildman–Crippen LogP) is 2.55. The van der Waals surface area contributed by atoms with Crippen molar-refractivity contribution < 1.29 is 0 Å². The number of thiazole rings is 1. The van der Waals surface area contributed by atoms with Gasteiger partial charge in [0.25, 0.3) is 0 Å². The maximum Gasteiger partial charge on any atom is 0.115 e. The molecule has 1 aliphatic carbocycles. The van der Waals surface area contributed by atoms with Crippen molar-refractivity contribution >= 4 is 11.3 Å². The molecule has 1 fully saturated rings. The Morgan fingerprint density at radius 3 is 2.74 bits per heavy atom. The summed E-state index contributed by atoms with van der Waals surface area (Å²) in [7, 11) is 2.10. The number of fused-ring (bicyclic) bond motifs is 1. The maximum absolute atomic E-state index is 5.00. The maximum atomic E-state index is 5.00. The molecular formula is C15H25N3S. The van der Waals surface area contributed by atoms with Crippen LogP contribution in [0, 0.1) is 0 Å². The van der Waals surface area contributed by atoms with Gasteiger partial charge in [0.1, 0.15) is 5.01 Å². The molecule has 1 aromatic rings. The quantitative estimate of drug-likeness (QED) is 0.921. The van der Waals surface area contributed by atoms with Crippen molar-refractivity contribution in [2.24, 2.45) is 0 Å². The SMILES string of the molecule is CNC1(c2nc3c(s2)CCCC3)CCN(C(C)C)C1. The molecule has 0 aromatic carbocycles. The summed E-state index contributed by atoms with van der Waals surface area (Å²) in [5.74, 6) is 0. The Morgan fingerprint density at radius 1 is 1.32 bits per heavy atom. The average molecular weight is 279 g/mol. The first-order chi connectivity index (χ1) is 9.14. The van der Waals surface area contributed by atoms with E-state index in [0.717, 1.165) is 6.54 Å². The zero-order valence-electron chi connectivity index (χ0n) is 12.3. The van der Waals surface area contributed by atoms with Crippen LogP contribution in [0.3, 0.4) is 0 Å². The van der Waals surface area contributed by atoms with Gasteiger partial charge in [-0.15, -0.1) is 11.3 Å². The van der Waals surface area contributed by atoms with Crippen molar-refractivity contribution in [1.82, 2.24) is 15.2 Å². The Kier molecular flexibility index (Phi) is 3.67. The molecule has 1 atom stereocenters. The third kappa shape index (κ3) is 2.34. The zero-order chi connectivity index (χ0) is 13.5. The molecule has 1 aromatic heterocycles. The van der Waals surface area contributed by atoms with E-state index in [2.05, 4.69) is 31.1 Å². The number of aromatic nitrogens is 1. The van der Waals surface area contributed by atoms with E-state index in [0.29, 0.717) is 6.04 Å². The van der Waals surface area contributed by atoms with Crippen LogP contribution >= 0.6 is 11.3 Å². The van der Waals surface area contributed by atoms with Crippen LogP contribution in [0.25, 0.3) is 0 Å². The minimum absolute atomic E-state index is 0.103. The summed E-state index contributed by atoms with van der Waals surface area (Å²) in [6.07, 6.45) is 6.30. The zero-order valence-corrected chi connectivity index (χ0v) is 13.1. The third-order valence-electron chi connectivity index (χ3n) is 4.76. The van der Waals surface area contributed by atoms with Crippen LogP contribution in [-0.4, -0.2) is 36.1 Å². The number of nitrogens with one attached hydrogen (secondary N) is 1. The molecule has 1 aliphatic heterocycles. The molecule has 4 heteroatoms. The fourth-order valence-electron chi connectivity index (χ4n) is 3.32. The summed E-state index contributed by atoms with van der Waals surface area (Å²) in [4.78, 5) is 9.12. The van der Waals surface area contributed by atoms with Crippen molar-refractivity contribution in [2.75, 3.05) is 20.1 Å². The van der Waals surface area contributed by atoms with Gasteiger partial charge in [-0.1, -0.05) is 0 Å². The highest BCUT2D eigenvalue weighted by molar-refractivity contribution is 7.11. The second kappa shape index (κ2) is 5.15. The molecule has 3 rings (SSSR count). The van der Waals surface area contributed by atoms with Crippen LogP contribution in [0.15, 0.2) is 0 Å². The monoisotopic (exact) mass is 279 g/mol. The van der Waals surface area contributed by atoms with Crippen LogP contribution in [0.5, 0.6) is 0 Å². The average Bonchev–Trinajstić information content (AvgIpc) is 3.03. The number of hydrogen-bond donors (Lipinski definition) is 1. The number of likely N-dealkylation sites (tertiary alicyclic amines) is 1. The van der Waals surface area contributed by atoms with Gasteiger partial charge < -0.3 is 5.32 Å². The van der Waals surface area contributed by atoms with Gasteiger partial charge in [-0.05, 0) is 53.0 Å². The first-order valence-electron chi connectivity index (χ1n) is 7.57. The number of nitrogens with zero attached hydrogens (tertiary/aromatic N) is 2. The largest absolute Gasteiger partial charge is 0.307 e.